The Kier molecular flexibility index (Phi) is 22.9. The molecule has 31 heteroatoms. The van der Waals surface area contributed by atoms with E-state index in [1.54, 1.807) is 37.1 Å². The van der Waals surface area contributed by atoms with E-state index in [1.165, 1.54) is 22.8 Å². The maximum atomic E-state index is 12.2. The van der Waals surface area contributed by atoms with Crippen LogP contribution in [0.15, 0.2) is 165 Å². The van der Waals surface area contributed by atoms with E-state index in [9.17, 15) is 19.2 Å². The second-order valence-corrected chi connectivity index (χ2v) is 35.2. The van der Waals surface area contributed by atoms with Gasteiger partial charge < -0.3 is 33.8 Å². The molecule has 31 nitrogen and oxygen atoms in total. The van der Waals surface area contributed by atoms with Crippen molar-refractivity contribution in [3.63, 3.8) is 0 Å². The highest BCUT2D eigenvalue weighted by molar-refractivity contribution is 6.00. The molecule has 3 fully saturated rings. The zero-order valence-electron chi connectivity index (χ0n) is 75.2. The van der Waals surface area contributed by atoms with Gasteiger partial charge in [0, 0.05) is 322 Å². The first kappa shape index (κ1) is 84.3. The van der Waals surface area contributed by atoms with Crippen LogP contribution in [0.2, 0.25) is 0 Å². The van der Waals surface area contributed by atoms with Crippen LogP contribution >= 0.6 is 0 Å². The summed E-state index contributed by atoms with van der Waals surface area (Å²) in [6.07, 6.45) is 29.4. The third-order valence-electron chi connectivity index (χ3n) is 27.1. The SMILES string of the molecule is CC(=O)N1CCc2c(c(-c3cccc4cc(-c5cnn(C)c5)ncc34)nn2C2CCOCC2)C1.CC(=O)N1CCc2c(c(-c3cccc4cc(-c5cnn(C)c5)ncc34)nn2[C@H]2CCOC2)C1.CC(=O)N1CCc2c(c(-c3cccc4cc(-c5cnn(C)c5C)ncc34)nn2C2CCOCC2)C1.CC(=O)N1CCc2c(c(-n3ccc4cc(-c5cnn(C)c5)ccc43)nn2C)C1. The molecule has 0 bridgehead atoms. The lowest BCUT2D eigenvalue weighted by Gasteiger charge is -2.29. The van der Waals surface area contributed by atoms with Crippen molar-refractivity contribution in [2.75, 3.05) is 65.8 Å². The Morgan fingerprint density at radius 3 is 1.19 bits per heavy atom. The smallest absolute Gasteiger partial charge is 0.219 e. The summed E-state index contributed by atoms with van der Waals surface area (Å²) in [6.45, 7) is 18.5. The molecule has 0 N–H and O–H groups in total. The molecule has 0 spiro atoms. The van der Waals surface area contributed by atoms with Crippen molar-refractivity contribution < 1.29 is 33.4 Å². The minimum atomic E-state index is 0.101. The van der Waals surface area contributed by atoms with E-state index in [1.807, 2.05) is 131 Å². The largest absolute Gasteiger partial charge is 0.381 e. The summed E-state index contributed by atoms with van der Waals surface area (Å²) in [5, 5.41) is 45.2. The second-order valence-electron chi connectivity index (χ2n) is 35.2. The van der Waals surface area contributed by atoms with Crippen LogP contribution in [0.4, 0.5) is 0 Å². The topological polar surface area (TPSA) is 295 Å². The lowest BCUT2D eigenvalue weighted by atomic mass is 9.96. The van der Waals surface area contributed by atoms with Crippen LogP contribution in [0.3, 0.4) is 0 Å². The first-order chi connectivity index (χ1) is 63.2. The molecule has 23 rings (SSSR count). The molecule has 4 amide bonds. The fraction of sp³-hybridized carbons (Fsp3) is 0.364. The molecule has 12 aromatic heterocycles. The molecular formula is C99H106N24O7. The number of aryl methyl sites for hydroxylation is 5. The lowest BCUT2D eigenvalue weighted by Crippen LogP contribution is -2.35. The highest BCUT2D eigenvalue weighted by atomic mass is 16.5. The van der Waals surface area contributed by atoms with Crippen molar-refractivity contribution in [1.29, 1.82) is 0 Å². The monoisotopic (exact) mass is 1740 g/mol. The Labute approximate surface area is 751 Å². The third kappa shape index (κ3) is 16.2. The van der Waals surface area contributed by atoms with E-state index in [4.69, 9.17) is 49.6 Å². The number of amides is 4. The molecule has 0 radical (unpaired) electrons. The third-order valence-corrected chi connectivity index (χ3v) is 27.1. The van der Waals surface area contributed by atoms with E-state index >= 15 is 0 Å². The summed E-state index contributed by atoms with van der Waals surface area (Å²) in [5.41, 5.74) is 25.8. The summed E-state index contributed by atoms with van der Waals surface area (Å²) < 4.78 is 34.9. The van der Waals surface area contributed by atoms with Crippen LogP contribution in [-0.2, 0) is 120 Å². The fourth-order valence-electron chi connectivity index (χ4n) is 19.8. The van der Waals surface area contributed by atoms with Gasteiger partial charge in [-0.15, -0.1) is 0 Å². The molecule has 1 atom stereocenters. The number of hydrogen-bond donors (Lipinski definition) is 0. The van der Waals surface area contributed by atoms with Crippen molar-refractivity contribution in [2.45, 2.75) is 137 Å². The Morgan fingerprint density at radius 1 is 0.369 bits per heavy atom. The summed E-state index contributed by atoms with van der Waals surface area (Å²) in [4.78, 5) is 70.5. The van der Waals surface area contributed by atoms with Crippen LogP contribution in [0, 0.1) is 6.92 Å². The first-order valence-corrected chi connectivity index (χ1v) is 45.0. The van der Waals surface area contributed by atoms with Gasteiger partial charge >= 0.3 is 0 Å². The van der Waals surface area contributed by atoms with Crippen LogP contribution in [0.25, 0.3) is 128 Å². The number of rotatable bonds is 11. The average Bonchev–Trinajstić information content (AvgIpc) is 1.58. The first-order valence-electron chi connectivity index (χ1n) is 45.0. The molecule has 0 aliphatic carbocycles. The Bertz CT molecular complexity index is 7040. The van der Waals surface area contributed by atoms with Crippen LogP contribution in [0.5, 0.6) is 0 Å². The Hall–Kier alpha value is -13.9. The zero-order chi connectivity index (χ0) is 89.3. The number of hydrogen-bond acceptors (Lipinski definition) is 18. The molecule has 4 aromatic carbocycles. The van der Waals surface area contributed by atoms with Gasteiger partial charge in [0.15, 0.2) is 5.82 Å². The molecule has 3 saturated heterocycles. The molecular weight excluding hydrogens is 1640 g/mol. The fourth-order valence-corrected chi connectivity index (χ4v) is 19.8. The summed E-state index contributed by atoms with van der Waals surface area (Å²) in [6, 6.07) is 34.8. The number of pyridine rings is 3. The van der Waals surface area contributed by atoms with Gasteiger partial charge in [0.2, 0.25) is 23.6 Å². The van der Waals surface area contributed by atoms with Crippen molar-refractivity contribution in [2.24, 2.45) is 35.2 Å². The average molecular weight is 1740 g/mol. The van der Waals surface area contributed by atoms with Crippen molar-refractivity contribution in [1.82, 2.24) is 117 Å². The molecule has 0 saturated carbocycles. The van der Waals surface area contributed by atoms with Gasteiger partial charge in [-0.05, 0) is 97.1 Å². The minimum absolute atomic E-state index is 0.101. The zero-order valence-corrected chi connectivity index (χ0v) is 75.2. The number of ether oxygens (including phenoxy) is 3. The summed E-state index contributed by atoms with van der Waals surface area (Å²) >= 11 is 0. The highest BCUT2D eigenvalue weighted by Gasteiger charge is 2.36. The maximum Gasteiger partial charge on any atom is 0.219 e. The molecule has 7 aliphatic heterocycles. The minimum Gasteiger partial charge on any atom is -0.381 e. The lowest BCUT2D eigenvalue weighted by molar-refractivity contribution is -0.130. The van der Waals surface area contributed by atoms with E-state index in [-0.39, 0.29) is 29.7 Å². The number of aromatic nitrogens is 20. The predicted octanol–water partition coefficient (Wildman–Crippen LogP) is 13.9. The number of carbonyl (C=O) groups excluding carboxylic acids is 4. The number of carbonyl (C=O) groups is 4. The number of fused-ring (bicyclic) bond motifs is 8. The second kappa shape index (κ2) is 35.3. The van der Waals surface area contributed by atoms with Crippen molar-refractivity contribution >= 4 is 66.8 Å². The molecule has 16 aromatic rings. The van der Waals surface area contributed by atoms with Crippen molar-refractivity contribution in [3.05, 3.63) is 216 Å². The standard InChI is InChI=1S/C27H30N6O2.C26H28N6O2.C25H26N6O2.C21H22N6O/c1-17-22(15-29-31(17)3)25-13-19-5-4-6-21(23(19)14-28-25)27-24-16-32(18(2)34)10-7-26(24)33(30-27)20-8-11-35-12-9-20;1-17(33)31-9-6-25-23(16-31)26(29-32(25)20-7-10-34-11-8-20)21-5-3-4-18-12-24(27-14-22(18)21)19-13-28-30(2)15-19;1-16(32)30-8-6-24-22(14-30)25(28-31(24)19-7-9-33-15-19)20-5-3-4-17-10-23(26-12-21(17)20)18-11-27-29(2)13-18;1-14(28)26-8-7-20-18(13-26)21(23-25(20)3)27-9-6-16-10-15(4-5-19(16)27)17-11-22-24(2)12-17/h4-6,13-15,20H,7-12,16H2,1-3H3;3-5,12-15,20H,6-11,16H2,1-2H3;3-5,10-13,19H,6-9,14-15H2,1-2H3;4-6,9-12H,7-8,13H2,1-3H3/t;;19-;/m..0./s1. The van der Waals surface area contributed by atoms with Gasteiger partial charge in [0.05, 0.1) is 95.7 Å². The van der Waals surface area contributed by atoms with Crippen LogP contribution in [-0.4, -0.2) is 207 Å². The number of benzene rings is 4. The predicted molar refractivity (Wildman–Crippen MR) is 494 cm³/mol. The van der Waals surface area contributed by atoms with Crippen molar-refractivity contribution in [3.8, 4) is 84.5 Å². The van der Waals surface area contributed by atoms with Gasteiger partial charge in [0.25, 0.3) is 0 Å². The van der Waals surface area contributed by atoms with E-state index in [0.717, 1.165) is 273 Å². The van der Waals surface area contributed by atoms with E-state index in [0.29, 0.717) is 44.9 Å². The van der Waals surface area contributed by atoms with Gasteiger partial charge in [-0.25, -0.2) is 0 Å². The van der Waals surface area contributed by atoms with Crippen LogP contribution in [0.1, 0.15) is 129 Å². The van der Waals surface area contributed by atoms with Gasteiger partial charge in [-0.1, -0.05) is 60.7 Å². The van der Waals surface area contributed by atoms with E-state index in [2.05, 4.69) is 149 Å². The summed E-state index contributed by atoms with van der Waals surface area (Å²) in [7, 11) is 9.66. The Balaban J connectivity index is 0.000000109. The van der Waals surface area contributed by atoms with Crippen LogP contribution < -0.4 is 0 Å². The maximum absolute atomic E-state index is 12.2. The quantitative estimate of drug-likeness (QED) is 0.116. The number of nitrogens with zero attached hydrogens (tertiary/aromatic N) is 24. The molecule has 19 heterocycles. The molecule has 7 aliphatic rings. The molecule has 130 heavy (non-hydrogen) atoms. The molecule has 0 unspecified atom stereocenters. The summed E-state index contributed by atoms with van der Waals surface area (Å²) in [5.74, 6) is 1.34. The normalized spacial score (nSPS) is 16.4. The van der Waals surface area contributed by atoms with Gasteiger partial charge in [0.1, 0.15) is 0 Å². The van der Waals surface area contributed by atoms with E-state index < -0.39 is 0 Å². The van der Waals surface area contributed by atoms with Gasteiger partial charge in [-0.2, -0.15) is 40.8 Å². The Morgan fingerprint density at radius 2 is 0.777 bits per heavy atom. The molecule has 664 valence electrons. The van der Waals surface area contributed by atoms with Gasteiger partial charge in [-0.3, -0.25) is 76.2 Å². The highest BCUT2D eigenvalue weighted by Crippen LogP contribution is 2.43.